The maximum atomic E-state index is 12.7. The lowest BCUT2D eigenvalue weighted by molar-refractivity contribution is -0.130. The van der Waals surface area contributed by atoms with Gasteiger partial charge in [0.15, 0.2) is 0 Å². The van der Waals surface area contributed by atoms with Gasteiger partial charge in [0, 0.05) is 17.1 Å². The summed E-state index contributed by atoms with van der Waals surface area (Å²) in [6.07, 6.45) is 2.00. The molecule has 5 nitrogen and oxygen atoms in total. The van der Waals surface area contributed by atoms with Crippen LogP contribution in [-0.4, -0.2) is 27.5 Å². The van der Waals surface area contributed by atoms with Gasteiger partial charge in [-0.25, -0.2) is 0 Å². The highest BCUT2D eigenvalue weighted by atomic mass is 35.5. The standard InChI is InChI=1S/C21H20ClN3O2/c1-3-12-25(20(26)13-16-6-4-15(2)5-7-16)14-19-23-21(24-27-19)17-8-10-18(22)11-9-17/h3-11H,1,12-14H2,2H3. The maximum absolute atomic E-state index is 12.7. The van der Waals surface area contributed by atoms with Crippen molar-refractivity contribution < 1.29 is 9.32 Å². The third-order valence-electron chi connectivity index (χ3n) is 4.07. The Morgan fingerprint density at radius 2 is 1.89 bits per heavy atom. The highest BCUT2D eigenvalue weighted by Gasteiger charge is 2.17. The topological polar surface area (TPSA) is 59.2 Å². The summed E-state index contributed by atoms with van der Waals surface area (Å²) in [5.41, 5.74) is 2.93. The van der Waals surface area contributed by atoms with E-state index in [1.165, 1.54) is 0 Å². The summed E-state index contributed by atoms with van der Waals surface area (Å²) < 4.78 is 5.32. The van der Waals surface area contributed by atoms with E-state index in [0.717, 1.165) is 16.7 Å². The van der Waals surface area contributed by atoms with Gasteiger partial charge in [0.1, 0.15) is 6.54 Å². The number of nitrogens with zero attached hydrogens (tertiary/aromatic N) is 3. The molecule has 0 saturated carbocycles. The van der Waals surface area contributed by atoms with Crippen LogP contribution in [-0.2, 0) is 17.8 Å². The zero-order chi connectivity index (χ0) is 19.2. The lowest BCUT2D eigenvalue weighted by Crippen LogP contribution is -2.32. The van der Waals surface area contributed by atoms with Crippen molar-refractivity contribution in [3.8, 4) is 11.4 Å². The molecule has 6 heteroatoms. The number of rotatable bonds is 7. The van der Waals surface area contributed by atoms with Crippen molar-refractivity contribution in [2.24, 2.45) is 0 Å². The molecular weight excluding hydrogens is 362 g/mol. The van der Waals surface area contributed by atoms with Gasteiger partial charge >= 0.3 is 0 Å². The van der Waals surface area contributed by atoms with Crippen molar-refractivity contribution in [3.05, 3.63) is 83.2 Å². The minimum absolute atomic E-state index is 0.0232. The average Bonchev–Trinajstić information content (AvgIpc) is 3.12. The first-order valence-corrected chi connectivity index (χ1v) is 8.95. The molecule has 27 heavy (non-hydrogen) atoms. The van der Waals surface area contributed by atoms with Crippen molar-refractivity contribution in [2.75, 3.05) is 6.54 Å². The number of aryl methyl sites for hydroxylation is 1. The predicted molar refractivity (Wildman–Crippen MR) is 105 cm³/mol. The molecule has 0 N–H and O–H groups in total. The second-order valence-electron chi connectivity index (χ2n) is 6.24. The fourth-order valence-electron chi connectivity index (χ4n) is 2.60. The van der Waals surface area contributed by atoms with Gasteiger partial charge in [-0.05, 0) is 36.8 Å². The van der Waals surface area contributed by atoms with Crippen molar-refractivity contribution in [2.45, 2.75) is 19.9 Å². The highest BCUT2D eigenvalue weighted by molar-refractivity contribution is 6.30. The van der Waals surface area contributed by atoms with Crippen molar-refractivity contribution in [3.63, 3.8) is 0 Å². The first-order valence-electron chi connectivity index (χ1n) is 8.58. The highest BCUT2D eigenvalue weighted by Crippen LogP contribution is 2.19. The predicted octanol–water partition coefficient (Wildman–Crippen LogP) is 4.46. The molecule has 0 radical (unpaired) electrons. The van der Waals surface area contributed by atoms with Crippen LogP contribution in [0.2, 0.25) is 5.02 Å². The Kier molecular flexibility index (Phi) is 6.04. The monoisotopic (exact) mass is 381 g/mol. The molecule has 3 rings (SSSR count). The van der Waals surface area contributed by atoms with Crippen LogP contribution in [0, 0.1) is 6.92 Å². The third-order valence-corrected chi connectivity index (χ3v) is 4.33. The van der Waals surface area contributed by atoms with Crippen LogP contribution in [0.5, 0.6) is 0 Å². The molecule has 2 aromatic carbocycles. The summed E-state index contributed by atoms with van der Waals surface area (Å²) in [4.78, 5) is 18.7. The Morgan fingerprint density at radius 1 is 1.19 bits per heavy atom. The molecule has 1 aromatic heterocycles. The van der Waals surface area contributed by atoms with E-state index in [4.69, 9.17) is 16.1 Å². The first kappa shape index (κ1) is 18.9. The zero-order valence-electron chi connectivity index (χ0n) is 15.1. The van der Waals surface area contributed by atoms with E-state index in [9.17, 15) is 4.79 Å². The number of aromatic nitrogens is 2. The van der Waals surface area contributed by atoms with E-state index in [0.29, 0.717) is 29.7 Å². The van der Waals surface area contributed by atoms with Crippen LogP contribution in [0.25, 0.3) is 11.4 Å². The molecule has 0 aliphatic rings. The molecule has 0 fully saturated rings. The fourth-order valence-corrected chi connectivity index (χ4v) is 2.73. The Hall–Kier alpha value is -2.92. The number of carbonyl (C=O) groups excluding carboxylic acids is 1. The number of amides is 1. The molecule has 1 heterocycles. The molecule has 0 unspecified atom stereocenters. The van der Waals surface area contributed by atoms with Gasteiger partial charge in [0.2, 0.25) is 17.6 Å². The number of hydrogen-bond donors (Lipinski definition) is 0. The SMILES string of the molecule is C=CCN(Cc1nc(-c2ccc(Cl)cc2)no1)C(=O)Cc1ccc(C)cc1. The van der Waals surface area contributed by atoms with Crippen LogP contribution in [0.4, 0.5) is 0 Å². The van der Waals surface area contributed by atoms with Crippen LogP contribution >= 0.6 is 11.6 Å². The number of carbonyl (C=O) groups is 1. The van der Waals surface area contributed by atoms with Gasteiger partial charge < -0.3 is 9.42 Å². The largest absolute Gasteiger partial charge is 0.337 e. The van der Waals surface area contributed by atoms with Crippen molar-refractivity contribution >= 4 is 17.5 Å². The van der Waals surface area contributed by atoms with Gasteiger partial charge in [-0.15, -0.1) is 6.58 Å². The van der Waals surface area contributed by atoms with Crippen LogP contribution in [0.3, 0.4) is 0 Å². The summed E-state index contributed by atoms with van der Waals surface area (Å²) in [5.74, 6) is 0.815. The Bertz CT molecular complexity index is 917. The summed E-state index contributed by atoms with van der Waals surface area (Å²) in [5, 5.41) is 4.63. The van der Waals surface area contributed by atoms with E-state index in [1.54, 1.807) is 23.1 Å². The smallest absolute Gasteiger partial charge is 0.246 e. The minimum Gasteiger partial charge on any atom is -0.337 e. The van der Waals surface area contributed by atoms with E-state index < -0.39 is 0 Å². The molecule has 3 aromatic rings. The minimum atomic E-state index is -0.0232. The first-order chi connectivity index (χ1) is 13.0. The quantitative estimate of drug-likeness (QED) is 0.567. The normalized spacial score (nSPS) is 10.6. The number of halogens is 1. The Morgan fingerprint density at radius 3 is 2.56 bits per heavy atom. The van der Waals surface area contributed by atoms with Crippen LogP contribution in [0.1, 0.15) is 17.0 Å². The van der Waals surface area contributed by atoms with Crippen molar-refractivity contribution in [1.82, 2.24) is 15.0 Å². The molecule has 0 aliphatic heterocycles. The number of hydrogen-bond acceptors (Lipinski definition) is 4. The zero-order valence-corrected chi connectivity index (χ0v) is 15.8. The second kappa shape index (κ2) is 8.64. The molecule has 0 atom stereocenters. The molecule has 0 aliphatic carbocycles. The maximum Gasteiger partial charge on any atom is 0.246 e. The van der Waals surface area contributed by atoms with Gasteiger partial charge in [-0.3, -0.25) is 4.79 Å². The number of benzene rings is 2. The Labute approximate surface area is 163 Å². The fraction of sp³-hybridized carbons (Fsp3) is 0.190. The van der Waals surface area contributed by atoms with E-state index in [-0.39, 0.29) is 12.5 Å². The summed E-state index contributed by atoms with van der Waals surface area (Å²) in [6, 6.07) is 15.1. The van der Waals surface area contributed by atoms with Gasteiger partial charge in [-0.2, -0.15) is 4.98 Å². The van der Waals surface area contributed by atoms with E-state index in [1.807, 2.05) is 43.3 Å². The Balaban J connectivity index is 1.70. The molecule has 138 valence electrons. The molecule has 0 spiro atoms. The summed E-state index contributed by atoms with van der Waals surface area (Å²) in [7, 11) is 0. The summed E-state index contributed by atoms with van der Waals surface area (Å²) >= 11 is 5.90. The third kappa shape index (κ3) is 5.05. The lowest BCUT2D eigenvalue weighted by Gasteiger charge is -2.19. The van der Waals surface area contributed by atoms with E-state index in [2.05, 4.69) is 16.7 Å². The van der Waals surface area contributed by atoms with E-state index >= 15 is 0 Å². The average molecular weight is 382 g/mol. The van der Waals surface area contributed by atoms with Crippen LogP contribution in [0.15, 0.2) is 65.7 Å². The van der Waals surface area contributed by atoms with Gasteiger partial charge in [-0.1, -0.05) is 52.7 Å². The van der Waals surface area contributed by atoms with Crippen LogP contribution < -0.4 is 0 Å². The second-order valence-corrected chi connectivity index (χ2v) is 6.68. The van der Waals surface area contributed by atoms with Crippen molar-refractivity contribution in [1.29, 1.82) is 0 Å². The molecule has 1 amide bonds. The lowest BCUT2D eigenvalue weighted by atomic mass is 10.1. The summed E-state index contributed by atoms with van der Waals surface area (Å²) in [6.45, 7) is 6.39. The molecule has 0 bridgehead atoms. The molecule has 0 saturated heterocycles. The van der Waals surface area contributed by atoms with Gasteiger partial charge in [0.25, 0.3) is 0 Å². The molecular formula is C21H20ClN3O2. The van der Waals surface area contributed by atoms with Gasteiger partial charge in [0.05, 0.1) is 6.42 Å².